The molecule has 9 heteroatoms. The van der Waals surface area contributed by atoms with Gasteiger partial charge in [-0.2, -0.15) is 0 Å². The molecule has 1 aromatic heterocycles. The largest absolute Gasteiger partial charge is 0.484 e. The molecule has 1 aromatic carbocycles. The molecule has 0 saturated carbocycles. The van der Waals surface area contributed by atoms with Crippen LogP contribution in [0.5, 0.6) is 5.75 Å². The third kappa shape index (κ3) is 4.48. The Labute approximate surface area is 166 Å². The number of aryl methyl sites for hydroxylation is 1. The molecule has 0 unspecified atom stereocenters. The Hall–Kier alpha value is -2.94. The standard InChI is InChI=1S/C19H21N3O5S/c1-2-20-18(24)17-14-5-3-4-6-15(14)28-19(17)21-16(23)11-27-13-9-7-12(8-10-13)22(25)26/h7-10H,2-6,11H2,1H3,(H,20,24)(H,21,23). The molecule has 3 rings (SSSR count). The summed E-state index contributed by atoms with van der Waals surface area (Å²) in [6.45, 7) is 2.11. The summed E-state index contributed by atoms with van der Waals surface area (Å²) in [6.07, 6.45) is 3.88. The van der Waals surface area contributed by atoms with Crippen molar-refractivity contribution in [1.82, 2.24) is 5.32 Å². The minimum atomic E-state index is -0.502. The number of hydrogen-bond acceptors (Lipinski definition) is 6. The Balaban J connectivity index is 1.68. The fourth-order valence-electron chi connectivity index (χ4n) is 3.12. The van der Waals surface area contributed by atoms with E-state index in [1.54, 1.807) is 0 Å². The highest BCUT2D eigenvalue weighted by Crippen LogP contribution is 2.38. The van der Waals surface area contributed by atoms with Crippen molar-refractivity contribution in [1.29, 1.82) is 0 Å². The maximum absolute atomic E-state index is 12.5. The van der Waals surface area contributed by atoms with Crippen LogP contribution in [-0.2, 0) is 17.6 Å². The van der Waals surface area contributed by atoms with Crippen LogP contribution in [0.1, 0.15) is 40.6 Å². The van der Waals surface area contributed by atoms with Crippen LogP contribution in [0.25, 0.3) is 0 Å². The normalized spacial score (nSPS) is 12.8. The van der Waals surface area contributed by atoms with Gasteiger partial charge in [0, 0.05) is 23.6 Å². The van der Waals surface area contributed by atoms with Crippen LogP contribution in [0.4, 0.5) is 10.7 Å². The predicted octanol–water partition coefficient (Wildman–Crippen LogP) is 3.30. The molecule has 28 heavy (non-hydrogen) atoms. The topological polar surface area (TPSA) is 111 Å². The van der Waals surface area contributed by atoms with E-state index < -0.39 is 4.92 Å². The number of fused-ring (bicyclic) bond motifs is 1. The number of nitro benzene ring substituents is 1. The Morgan fingerprint density at radius 2 is 1.93 bits per heavy atom. The number of anilines is 1. The number of carbonyl (C=O) groups is 2. The molecule has 1 heterocycles. The molecule has 0 aliphatic heterocycles. The molecule has 0 atom stereocenters. The number of nitrogens with zero attached hydrogens (tertiary/aromatic N) is 1. The lowest BCUT2D eigenvalue weighted by atomic mass is 9.95. The molecule has 148 valence electrons. The van der Waals surface area contributed by atoms with Gasteiger partial charge < -0.3 is 15.4 Å². The average Bonchev–Trinajstić information content (AvgIpc) is 3.04. The zero-order valence-corrected chi connectivity index (χ0v) is 16.3. The van der Waals surface area contributed by atoms with E-state index in [0.717, 1.165) is 36.1 Å². The van der Waals surface area contributed by atoms with Crippen LogP contribution in [0, 0.1) is 10.1 Å². The fraction of sp³-hybridized carbons (Fsp3) is 0.368. The van der Waals surface area contributed by atoms with Crippen molar-refractivity contribution >= 4 is 33.8 Å². The molecule has 1 aliphatic carbocycles. The minimum absolute atomic E-state index is 0.0486. The number of carbonyl (C=O) groups excluding carboxylic acids is 2. The number of ether oxygens (including phenoxy) is 1. The van der Waals surface area contributed by atoms with E-state index in [1.807, 2.05) is 6.92 Å². The molecule has 0 radical (unpaired) electrons. The first-order valence-corrected chi connectivity index (χ1v) is 9.91. The number of hydrogen-bond donors (Lipinski definition) is 2. The molecule has 0 saturated heterocycles. The van der Waals surface area contributed by atoms with Crippen LogP contribution in [-0.4, -0.2) is 29.9 Å². The lowest BCUT2D eigenvalue weighted by molar-refractivity contribution is -0.384. The number of thiophene rings is 1. The van der Waals surface area contributed by atoms with Crippen molar-refractivity contribution in [3.8, 4) is 5.75 Å². The van der Waals surface area contributed by atoms with Gasteiger partial charge in [-0.1, -0.05) is 0 Å². The van der Waals surface area contributed by atoms with Gasteiger partial charge in [0.2, 0.25) is 0 Å². The van der Waals surface area contributed by atoms with Crippen molar-refractivity contribution < 1.29 is 19.2 Å². The molecule has 0 fully saturated rings. The third-order valence-electron chi connectivity index (χ3n) is 4.41. The summed E-state index contributed by atoms with van der Waals surface area (Å²) in [4.78, 5) is 36.2. The smallest absolute Gasteiger partial charge is 0.269 e. The van der Waals surface area contributed by atoms with E-state index in [9.17, 15) is 19.7 Å². The van der Waals surface area contributed by atoms with Crippen LogP contribution in [0.3, 0.4) is 0 Å². The van der Waals surface area contributed by atoms with E-state index in [0.29, 0.717) is 22.9 Å². The van der Waals surface area contributed by atoms with Gasteiger partial charge >= 0.3 is 0 Å². The number of non-ortho nitro benzene ring substituents is 1. The molecule has 0 spiro atoms. The highest BCUT2D eigenvalue weighted by molar-refractivity contribution is 7.17. The third-order valence-corrected chi connectivity index (χ3v) is 5.61. The highest BCUT2D eigenvalue weighted by atomic mass is 32.1. The van der Waals surface area contributed by atoms with Crippen LogP contribution >= 0.6 is 11.3 Å². The Kier molecular flexibility index (Phi) is 6.25. The van der Waals surface area contributed by atoms with Gasteiger partial charge in [-0.3, -0.25) is 19.7 Å². The van der Waals surface area contributed by atoms with Gasteiger partial charge in [-0.15, -0.1) is 11.3 Å². The Morgan fingerprint density at radius 3 is 2.61 bits per heavy atom. The minimum Gasteiger partial charge on any atom is -0.484 e. The zero-order valence-electron chi connectivity index (χ0n) is 15.4. The predicted molar refractivity (Wildman–Crippen MR) is 106 cm³/mol. The monoisotopic (exact) mass is 403 g/mol. The molecule has 2 aromatic rings. The summed E-state index contributed by atoms with van der Waals surface area (Å²) >= 11 is 1.45. The Morgan fingerprint density at radius 1 is 1.21 bits per heavy atom. The van der Waals surface area contributed by atoms with E-state index in [4.69, 9.17) is 4.74 Å². The quantitative estimate of drug-likeness (QED) is 0.544. The summed E-state index contributed by atoms with van der Waals surface area (Å²) in [5.41, 5.74) is 1.55. The lowest BCUT2D eigenvalue weighted by Crippen LogP contribution is -2.26. The summed E-state index contributed by atoms with van der Waals surface area (Å²) in [5, 5.41) is 16.8. The van der Waals surface area contributed by atoms with Crippen molar-refractivity contribution in [3.05, 3.63) is 50.4 Å². The van der Waals surface area contributed by atoms with E-state index in [1.165, 1.54) is 35.6 Å². The van der Waals surface area contributed by atoms with E-state index in [-0.39, 0.29) is 24.1 Å². The van der Waals surface area contributed by atoms with Crippen LogP contribution in [0.15, 0.2) is 24.3 Å². The first kappa shape index (κ1) is 19.8. The first-order chi connectivity index (χ1) is 13.5. The fourth-order valence-corrected chi connectivity index (χ4v) is 4.42. The SMILES string of the molecule is CCNC(=O)c1c(NC(=O)COc2ccc([N+](=O)[O-])cc2)sc2c1CCCC2. The van der Waals surface area contributed by atoms with E-state index in [2.05, 4.69) is 10.6 Å². The zero-order chi connectivity index (χ0) is 20.1. The van der Waals surface area contributed by atoms with Gasteiger partial charge in [0.05, 0.1) is 10.5 Å². The number of rotatable bonds is 7. The number of nitro groups is 1. The van der Waals surface area contributed by atoms with Gasteiger partial charge in [0.1, 0.15) is 10.8 Å². The summed E-state index contributed by atoms with van der Waals surface area (Å²) in [6, 6.07) is 5.51. The Bertz CT molecular complexity index is 892. The summed E-state index contributed by atoms with van der Waals surface area (Å²) in [5.74, 6) is -0.203. The maximum atomic E-state index is 12.5. The lowest BCUT2D eigenvalue weighted by Gasteiger charge is -2.13. The van der Waals surface area contributed by atoms with Gasteiger partial charge in [0.25, 0.3) is 17.5 Å². The van der Waals surface area contributed by atoms with Crippen LogP contribution < -0.4 is 15.4 Å². The molecule has 2 N–H and O–H groups in total. The maximum Gasteiger partial charge on any atom is 0.269 e. The molecule has 0 bridgehead atoms. The molecular formula is C19H21N3O5S. The number of nitrogens with one attached hydrogen (secondary N) is 2. The van der Waals surface area contributed by atoms with Crippen molar-refractivity contribution in [2.75, 3.05) is 18.5 Å². The second kappa shape index (κ2) is 8.83. The first-order valence-electron chi connectivity index (χ1n) is 9.09. The van der Waals surface area contributed by atoms with Gasteiger partial charge in [0.15, 0.2) is 6.61 Å². The second-order valence-electron chi connectivity index (χ2n) is 6.36. The summed E-state index contributed by atoms with van der Waals surface area (Å²) in [7, 11) is 0. The molecular weight excluding hydrogens is 382 g/mol. The summed E-state index contributed by atoms with van der Waals surface area (Å²) < 4.78 is 5.39. The van der Waals surface area contributed by atoms with Gasteiger partial charge in [-0.25, -0.2) is 0 Å². The highest BCUT2D eigenvalue weighted by Gasteiger charge is 2.26. The second-order valence-corrected chi connectivity index (χ2v) is 7.47. The van der Waals surface area contributed by atoms with Crippen molar-refractivity contribution in [2.45, 2.75) is 32.6 Å². The molecule has 8 nitrogen and oxygen atoms in total. The number of benzene rings is 1. The van der Waals surface area contributed by atoms with Crippen molar-refractivity contribution in [3.63, 3.8) is 0 Å². The molecule has 2 amide bonds. The molecule has 1 aliphatic rings. The van der Waals surface area contributed by atoms with Crippen molar-refractivity contribution in [2.24, 2.45) is 0 Å². The van der Waals surface area contributed by atoms with Crippen LogP contribution in [0.2, 0.25) is 0 Å². The number of amides is 2. The average molecular weight is 403 g/mol. The van der Waals surface area contributed by atoms with Gasteiger partial charge in [-0.05, 0) is 50.3 Å². The van der Waals surface area contributed by atoms with E-state index >= 15 is 0 Å².